The van der Waals surface area contributed by atoms with Gasteiger partial charge < -0.3 is 9.84 Å². The zero-order valence-corrected chi connectivity index (χ0v) is 19.8. The maximum atomic E-state index is 11.1. The molecular weight excluding hydrogens is 422 g/mol. The molecule has 0 spiro atoms. The normalized spacial score (nSPS) is 14.9. The second-order valence-electron chi connectivity index (χ2n) is 8.81. The zero-order valence-electron chi connectivity index (χ0n) is 19.8. The summed E-state index contributed by atoms with van der Waals surface area (Å²) in [6.07, 6.45) is 1.10. The predicted octanol–water partition coefficient (Wildman–Crippen LogP) is 5.97. The van der Waals surface area contributed by atoms with Crippen molar-refractivity contribution in [2.75, 3.05) is 6.54 Å². The van der Waals surface area contributed by atoms with Gasteiger partial charge in [-0.15, -0.1) is 5.92 Å². The molecule has 0 aromatic heterocycles. The number of rotatable bonds is 8. The van der Waals surface area contributed by atoms with E-state index in [1.54, 1.807) is 6.92 Å². The van der Waals surface area contributed by atoms with E-state index in [0.29, 0.717) is 12.6 Å². The molecule has 0 saturated carbocycles. The molecule has 0 saturated heterocycles. The SMILES string of the molecule is CC#C[C@@H](CC(=O)O)c1ccc(OCc2ccc([C@H](C)N3CCc4ccccc4C3)cc2)cc1. The van der Waals surface area contributed by atoms with Crippen LogP contribution in [0, 0.1) is 11.8 Å². The molecule has 1 heterocycles. The van der Waals surface area contributed by atoms with Gasteiger partial charge >= 0.3 is 5.97 Å². The average Bonchev–Trinajstić information content (AvgIpc) is 2.87. The lowest BCUT2D eigenvalue weighted by molar-refractivity contribution is -0.137. The van der Waals surface area contributed by atoms with Crippen LogP contribution in [-0.4, -0.2) is 22.5 Å². The lowest BCUT2D eigenvalue weighted by atomic mass is 9.96. The van der Waals surface area contributed by atoms with E-state index in [1.807, 2.05) is 24.3 Å². The Morgan fingerprint density at radius 3 is 2.35 bits per heavy atom. The van der Waals surface area contributed by atoms with E-state index in [2.05, 4.69) is 72.2 Å². The van der Waals surface area contributed by atoms with Gasteiger partial charge in [0, 0.05) is 19.1 Å². The number of benzene rings is 3. The number of ether oxygens (including phenoxy) is 1. The highest BCUT2D eigenvalue weighted by atomic mass is 16.5. The minimum Gasteiger partial charge on any atom is -0.489 e. The summed E-state index contributed by atoms with van der Waals surface area (Å²) in [7, 11) is 0. The number of carboxylic acids is 1. The minimum absolute atomic E-state index is 0.00421. The Morgan fingerprint density at radius 2 is 1.68 bits per heavy atom. The summed E-state index contributed by atoms with van der Waals surface area (Å²) >= 11 is 0. The van der Waals surface area contributed by atoms with Crippen LogP contribution >= 0.6 is 0 Å². The summed E-state index contributed by atoms with van der Waals surface area (Å²) in [6, 6.07) is 25.3. The van der Waals surface area contributed by atoms with E-state index < -0.39 is 5.97 Å². The van der Waals surface area contributed by atoms with Crippen LogP contribution in [0.1, 0.15) is 60.0 Å². The predicted molar refractivity (Wildman–Crippen MR) is 135 cm³/mol. The van der Waals surface area contributed by atoms with Gasteiger partial charge in [-0.1, -0.05) is 66.6 Å². The fraction of sp³-hybridized carbons (Fsp3) is 0.300. The van der Waals surface area contributed by atoms with Crippen LogP contribution in [0.5, 0.6) is 5.75 Å². The van der Waals surface area contributed by atoms with E-state index in [0.717, 1.165) is 36.4 Å². The first-order valence-electron chi connectivity index (χ1n) is 11.8. The van der Waals surface area contributed by atoms with Crippen LogP contribution < -0.4 is 4.74 Å². The maximum Gasteiger partial charge on any atom is 0.304 e. The van der Waals surface area contributed by atoms with E-state index in [9.17, 15) is 4.79 Å². The first kappa shape index (κ1) is 23.6. The monoisotopic (exact) mass is 453 g/mol. The van der Waals surface area contributed by atoms with Gasteiger partial charge in [0.25, 0.3) is 0 Å². The van der Waals surface area contributed by atoms with Crippen molar-refractivity contribution in [1.29, 1.82) is 0 Å². The molecule has 0 unspecified atom stereocenters. The summed E-state index contributed by atoms with van der Waals surface area (Å²) in [6.45, 7) is 6.56. The molecule has 34 heavy (non-hydrogen) atoms. The quantitative estimate of drug-likeness (QED) is 0.427. The first-order valence-corrected chi connectivity index (χ1v) is 11.8. The Kier molecular flexibility index (Phi) is 7.67. The smallest absolute Gasteiger partial charge is 0.304 e. The fourth-order valence-electron chi connectivity index (χ4n) is 4.52. The largest absolute Gasteiger partial charge is 0.489 e. The molecule has 0 fully saturated rings. The van der Waals surface area contributed by atoms with Crippen molar-refractivity contribution in [3.63, 3.8) is 0 Å². The molecule has 0 bridgehead atoms. The Labute approximate surface area is 202 Å². The lowest BCUT2D eigenvalue weighted by Crippen LogP contribution is -2.32. The molecule has 4 rings (SSSR count). The lowest BCUT2D eigenvalue weighted by Gasteiger charge is -2.34. The number of fused-ring (bicyclic) bond motifs is 1. The van der Waals surface area contributed by atoms with Crippen LogP contribution in [0.4, 0.5) is 0 Å². The second-order valence-corrected chi connectivity index (χ2v) is 8.81. The van der Waals surface area contributed by atoms with Crippen molar-refractivity contribution in [2.24, 2.45) is 0 Å². The highest BCUT2D eigenvalue weighted by molar-refractivity contribution is 5.69. The summed E-state index contributed by atoms with van der Waals surface area (Å²) in [5.74, 6) is 5.40. The molecule has 174 valence electrons. The van der Waals surface area contributed by atoms with Crippen molar-refractivity contribution in [1.82, 2.24) is 4.90 Å². The number of carboxylic acid groups (broad SMARTS) is 1. The third-order valence-corrected chi connectivity index (χ3v) is 6.56. The highest BCUT2D eigenvalue weighted by Crippen LogP contribution is 2.28. The molecule has 0 aliphatic carbocycles. The van der Waals surface area contributed by atoms with Gasteiger partial charge in [0.1, 0.15) is 12.4 Å². The third kappa shape index (κ3) is 5.87. The van der Waals surface area contributed by atoms with Gasteiger partial charge in [-0.05, 0) is 60.2 Å². The molecule has 0 radical (unpaired) electrons. The molecule has 3 aromatic rings. The van der Waals surface area contributed by atoms with Crippen LogP contribution in [0.15, 0.2) is 72.8 Å². The van der Waals surface area contributed by atoms with Gasteiger partial charge in [0.15, 0.2) is 0 Å². The van der Waals surface area contributed by atoms with Gasteiger partial charge in [-0.3, -0.25) is 9.69 Å². The minimum atomic E-state index is -0.851. The molecule has 3 aromatic carbocycles. The molecule has 4 heteroatoms. The van der Waals surface area contributed by atoms with Crippen LogP contribution in [0.3, 0.4) is 0 Å². The average molecular weight is 454 g/mol. The second kappa shape index (κ2) is 11.0. The number of hydrogen-bond acceptors (Lipinski definition) is 3. The maximum absolute atomic E-state index is 11.1. The van der Waals surface area contributed by atoms with E-state index in [-0.39, 0.29) is 12.3 Å². The topological polar surface area (TPSA) is 49.8 Å². The number of carbonyl (C=O) groups is 1. The van der Waals surface area contributed by atoms with Gasteiger partial charge in [0.05, 0.1) is 12.3 Å². The molecule has 2 atom stereocenters. The van der Waals surface area contributed by atoms with Gasteiger partial charge in [0.2, 0.25) is 0 Å². The number of nitrogens with zero attached hydrogens (tertiary/aromatic N) is 1. The summed E-state index contributed by atoms with van der Waals surface area (Å²) in [4.78, 5) is 13.6. The molecular formula is C30H31NO3. The van der Waals surface area contributed by atoms with Crippen molar-refractivity contribution in [2.45, 2.75) is 51.8 Å². The van der Waals surface area contributed by atoms with Crippen LogP contribution in [-0.2, 0) is 24.4 Å². The molecule has 1 N–H and O–H groups in total. The highest BCUT2D eigenvalue weighted by Gasteiger charge is 2.21. The van der Waals surface area contributed by atoms with E-state index >= 15 is 0 Å². The zero-order chi connectivity index (χ0) is 23.9. The Bertz CT molecular complexity index is 1170. The fourth-order valence-corrected chi connectivity index (χ4v) is 4.52. The Hall–Kier alpha value is -3.55. The van der Waals surface area contributed by atoms with E-state index in [1.165, 1.54) is 16.7 Å². The third-order valence-electron chi connectivity index (χ3n) is 6.56. The summed E-state index contributed by atoms with van der Waals surface area (Å²) in [5.41, 5.74) is 6.23. The summed E-state index contributed by atoms with van der Waals surface area (Å²) in [5, 5.41) is 9.11. The first-order chi connectivity index (χ1) is 16.5. The van der Waals surface area contributed by atoms with Crippen LogP contribution in [0.25, 0.3) is 0 Å². The number of hydrogen-bond donors (Lipinski definition) is 1. The van der Waals surface area contributed by atoms with Gasteiger partial charge in [-0.2, -0.15) is 0 Å². The number of aliphatic carboxylic acids is 1. The van der Waals surface area contributed by atoms with Crippen LogP contribution in [0.2, 0.25) is 0 Å². The van der Waals surface area contributed by atoms with Crippen molar-refractivity contribution in [3.05, 3.63) is 101 Å². The van der Waals surface area contributed by atoms with E-state index in [4.69, 9.17) is 9.84 Å². The Morgan fingerprint density at radius 1 is 1.00 bits per heavy atom. The van der Waals surface area contributed by atoms with Gasteiger partial charge in [-0.25, -0.2) is 0 Å². The molecule has 4 nitrogen and oxygen atoms in total. The van der Waals surface area contributed by atoms with Crippen molar-refractivity contribution in [3.8, 4) is 17.6 Å². The molecule has 1 aliphatic rings. The van der Waals surface area contributed by atoms with Crippen molar-refractivity contribution >= 4 is 5.97 Å². The molecule has 0 amide bonds. The Balaban J connectivity index is 1.33. The molecule has 1 aliphatic heterocycles. The van der Waals surface area contributed by atoms with Crippen molar-refractivity contribution < 1.29 is 14.6 Å². The standard InChI is InChI=1S/C30H31NO3/c1-3-6-27(19-30(32)33)26-13-15-29(16-14-26)34-21-23-9-11-24(12-10-23)22(2)31-18-17-25-7-4-5-8-28(25)20-31/h4-5,7-16,22,27H,17-21H2,1-2H3,(H,32,33)/t22-,27-/m0/s1. The summed E-state index contributed by atoms with van der Waals surface area (Å²) < 4.78 is 5.96.